The highest BCUT2D eigenvalue weighted by Crippen LogP contribution is 2.00. The van der Waals surface area contributed by atoms with E-state index in [-0.39, 0.29) is 0 Å². The molecule has 18 heavy (non-hydrogen) atoms. The van der Waals surface area contributed by atoms with E-state index < -0.39 is 0 Å². The van der Waals surface area contributed by atoms with E-state index in [4.69, 9.17) is 5.73 Å². The first-order chi connectivity index (χ1) is 8.74. The molecule has 0 heterocycles. The second-order valence-electron chi connectivity index (χ2n) is 4.77. The highest BCUT2D eigenvalue weighted by Gasteiger charge is 2.07. The van der Waals surface area contributed by atoms with E-state index in [2.05, 4.69) is 24.1 Å². The number of nitrogens with one attached hydrogen (secondary N) is 1. The summed E-state index contributed by atoms with van der Waals surface area (Å²) in [5, 5.41) is 3.38. The molecular formula is C14H31N3O. The van der Waals surface area contributed by atoms with Gasteiger partial charge in [0.1, 0.15) is 5.78 Å². The molecular weight excluding hydrogens is 226 g/mol. The van der Waals surface area contributed by atoms with Crippen LogP contribution in [-0.2, 0) is 4.79 Å². The molecule has 0 aliphatic carbocycles. The third kappa shape index (κ3) is 10.7. The van der Waals surface area contributed by atoms with E-state index in [1.165, 1.54) is 0 Å². The molecule has 0 spiro atoms. The number of carbonyl (C=O) groups excluding carboxylic acids is 1. The topological polar surface area (TPSA) is 58.4 Å². The molecule has 4 nitrogen and oxygen atoms in total. The molecule has 0 aliphatic rings. The lowest BCUT2D eigenvalue weighted by Crippen LogP contribution is -2.37. The summed E-state index contributed by atoms with van der Waals surface area (Å²) in [5.74, 6) is 0.389. The Morgan fingerprint density at radius 2 is 1.83 bits per heavy atom. The quantitative estimate of drug-likeness (QED) is 0.490. The van der Waals surface area contributed by atoms with Crippen LogP contribution in [0.3, 0.4) is 0 Å². The minimum absolute atomic E-state index is 0.389. The van der Waals surface area contributed by atoms with Crippen LogP contribution in [-0.4, -0.2) is 50.0 Å². The molecule has 4 heteroatoms. The molecule has 0 unspecified atom stereocenters. The Hall–Kier alpha value is -0.450. The Morgan fingerprint density at radius 3 is 2.44 bits per heavy atom. The van der Waals surface area contributed by atoms with Gasteiger partial charge in [0, 0.05) is 45.6 Å². The predicted molar refractivity (Wildman–Crippen MR) is 77.8 cm³/mol. The first-order valence-corrected chi connectivity index (χ1v) is 7.39. The van der Waals surface area contributed by atoms with Gasteiger partial charge in [-0.15, -0.1) is 0 Å². The van der Waals surface area contributed by atoms with Gasteiger partial charge < -0.3 is 16.0 Å². The van der Waals surface area contributed by atoms with Crippen LogP contribution in [0.25, 0.3) is 0 Å². The van der Waals surface area contributed by atoms with Crippen molar-refractivity contribution < 1.29 is 4.79 Å². The summed E-state index contributed by atoms with van der Waals surface area (Å²) in [6, 6.07) is 0. The van der Waals surface area contributed by atoms with Gasteiger partial charge in [0.25, 0.3) is 0 Å². The third-order valence-electron chi connectivity index (χ3n) is 2.99. The number of carbonyl (C=O) groups is 1. The average Bonchev–Trinajstić information content (AvgIpc) is 2.38. The molecule has 0 aromatic heterocycles. The largest absolute Gasteiger partial charge is 0.329 e. The fraction of sp³-hybridized carbons (Fsp3) is 0.929. The standard InChI is InChI=1S/C14H31N3O/c1-3-5-6-14(18)7-11-17(12-8-15)13-10-16-9-4-2/h16H,3-13,15H2,1-2H3. The lowest BCUT2D eigenvalue weighted by Gasteiger charge is -2.21. The zero-order valence-electron chi connectivity index (χ0n) is 12.2. The molecule has 0 bridgehead atoms. The molecule has 0 saturated heterocycles. The summed E-state index contributed by atoms with van der Waals surface area (Å²) in [6.45, 7) is 9.71. The van der Waals surface area contributed by atoms with Gasteiger partial charge in [-0.3, -0.25) is 4.79 Å². The first kappa shape index (κ1) is 17.6. The fourth-order valence-corrected chi connectivity index (χ4v) is 1.84. The van der Waals surface area contributed by atoms with Crippen molar-refractivity contribution in [2.75, 3.05) is 39.3 Å². The van der Waals surface area contributed by atoms with Gasteiger partial charge in [-0.2, -0.15) is 0 Å². The molecule has 0 aromatic rings. The number of Topliss-reactive ketones (excluding diaryl/α,β-unsaturated/α-hetero) is 1. The van der Waals surface area contributed by atoms with Crippen molar-refractivity contribution in [1.82, 2.24) is 10.2 Å². The molecule has 0 aliphatic heterocycles. The summed E-state index contributed by atoms with van der Waals surface area (Å²) in [6.07, 6.45) is 4.69. The molecule has 0 fully saturated rings. The van der Waals surface area contributed by atoms with E-state index in [0.29, 0.717) is 18.7 Å². The van der Waals surface area contributed by atoms with Crippen molar-refractivity contribution in [3.05, 3.63) is 0 Å². The van der Waals surface area contributed by atoms with Gasteiger partial charge in [0.2, 0.25) is 0 Å². The molecule has 0 saturated carbocycles. The molecule has 0 atom stereocenters. The zero-order valence-corrected chi connectivity index (χ0v) is 12.2. The number of unbranched alkanes of at least 4 members (excludes halogenated alkanes) is 1. The third-order valence-corrected chi connectivity index (χ3v) is 2.99. The number of nitrogens with zero attached hydrogens (tertiary/aromatic N) is 1. The average molecular weight is 257 g/mol. The maximum Gasteiger partial charge on any atom is 0.134 e. The summed E-state index contributed by atoms with van der Waals surface area (Å²) in [5.41, 5.74) is 5.60. The molecule has 0 amide bonds. The zero-order chi connectivity index (χ0) is 13.6. The SMILES string of the molecule is CCCCC(=O)CCN(CCN)CCNCCC. The summed E-state index contributed by atoms with van der Waals surface area (Å²) < 4.78 is 0. The van der Waals surface area contributed by atoms with Crippen LogP contribution in [0.2, 0.25) is 0 Å². The highest BCUT2D eigenvalue weighted by atomic mass is 16.1. The Bertz CT molecular complexity index is 197. The van der Waals surface area contributed by atoms with Gasteiger partial charge in [-0.05, 0) is 19.4 Å². The van der Waals surface area contributed by atoms with Crippen molar-refractivity contribution in [3.63, 3.8) is 0 Å². The summed E-state index contributed by atoms with van der Waals surface area (Å²) >= 11 is 0. The van der Waals surface area contributed by atoms with Crippen molar-refractivity contribution in [1.29, 1.82) is 0 Å². The minimum atomic E-state index is 0.389. The van der Waals surface area contributed by atoms with E-state index in [1.807, 2.05) is 0 Å². The number of ketones is 1. The molecule has 108 valence electrons. The van der Waals surface area contributed by atoms with Crippen molar-refractivity contribution in [2.45, 2.75) is 46.0 Å². The van der Waals surface area contributed by atoms with Gasteiger partial charge in [-0.25, -0.2) is 0 Å². The second-order valence-corrected chi connectivity index (χ2v) is 4.77. The smallest absolute Gasteiger partial charge is 0.134 e. The molecule has 0 radical (unpaired) electrons. The Kier molecular flexibility index (Phi) is 12.7. The number of hydrogen-bond donors (Lipinski definition) is 2. The summed E-state index contributed by atoms with van der Waals surface area (Å²) in [4.78, 5) is 13.9. The Balaban J connectivity index is 3.70. The van der Waals surface area contributed by atoms with Crippen molar-refractivity contribution >= 4 is 5.78 Å². The van der Waals surface area contributed by atoms with Crippen LogP contribution >= 0.6 is 0 Å². The van der Waals surface area contributed by atoms with E-state index in [9.17, 15) is 4.79 Å². The van der Waals surface area contributed by atoms with Gasteiger partial charge in [-0.1, -0.05) is 20.3 Å². The Morgan fingerprint density at radius 1 is 1.06 bits per heavy atom. The highest BCUT2D eigenvalue weighted by molar-refractivity contribution is 5.78. The van der Waals surface area contributed by atoms with Crippen LogP contribution in [0.1, 0.15) is 46.0 Å². The lowest BCUT2D eigenvalue weighted by atomic mass is 10.1. The monoisotopic (exact) mass is 257 g/mol. The molecule has 0 aromatic carbocycles. The maximum atomic E-state index is 11.6. The summed E-state index contributed by atoms with van der Waals surface area (Å²) in [7, 11) is 0. The van der Waals surface area contributed by atoms with E-state index >= 15 is 0 Å². The van der Waals surface area contributed by atoms with Crippen LogP contribution in [0.15, 0.2) is 0 Å². The second kappa shape index (κ2) is 13.0. The van der Waals surface area contributed by atoms with Gasteiger partial charge in [0.05, 0.1) is 0 Å². The van der Waals surface area contributed by atoms with Crippen LogP contribution in [0, 0.1) is 0 Å². The number of nitrogens with two attached hydrogens (primary N) is 1. The van der Waals surface area contributed by atoms with Crippen LogP contribution in [0.4, 0.5) is 0 Å². The normalized spacial score (nSPS) is 11.1. The van der Waals surface area contributed by atoms with Crippen molar-refractivity contribution in [2.24, 2.45) is 5.73 Å². The van der Waals surface area contributed by atoms with Crippen LogP contribution in [0.5, 0.6) is 0 Å². The van der Waals surface area contributed by atoms with Gasteiger partial charge in [0.15, 0.2) is 0 Å². The number of hydrogen-bond acceptors (Lipinski definition) is 4. The Labute approximate surface area is 112 Å². The molecule has 0 rings (SSSR count). The predicted octanol–water partition coefficient (Wildman–Crippen LogP) is 1.40. The minimum Gasteiger partial charge on any atom is -0.329 e. The lowest BCUT2D eigenvalue weighted by molar-refractivity contribution is -0.119. The van der Waals surface area contributed by atoms with Crippen LogP contribution < -0.4 is 11.1 Å². The first-order valence-electron chi connectivity index (χ1n) is 7.39. The van der Waals surface area contributed by atoms with E-state index in [0.717, 1.165) is 58.4 Å². The van der Waals surface area contributed by atoms with E-state index in [1.54, 1.807) is 0 Å². The maximum absolute atomic E-state index is 11.6. The van der Waals surface area contributed by atoms with Gasteiger partial charge >= 0.3 is 0 Å². The molecule has 3 N–H and O–H groups in total. The number of rotatable bonds is 13. The van der Waals surface area contributed by atoms with Crippen molar-refractivity contribution in [3.8, 4) is 0 Å². The fourth-order valence-electron chi connectivity index (χ4n) is 1.84.